The van der Waals surface area contributed by atoms with Gasteiger partial charge in [0.05, 0.1) is 11.2 Å². The van der Waals surface area contributed by atoms with Gasteiger partial charge in [0.15, 0.2) is 0 Å². The van der Waals surface area contributed by atoms with E-state index in [0.717, 1.165) is 33.9 Å². The number of nitrogens with two attached hydrogens (primary N) is 1. The van der Waals surface area contributed by atoms with Gasteiger partial charge in [0.25, 0.3) is 5.91 Å². The molecule has 3 aromatic rings. The summed E-state index contributed by atoms with van der Waals surface area (Å²) in [6, 6.07) is 9.89. The standard InChI is InChI=1S/C16H18N4O/c1-10-15-12(11-5-2-3-6-13(11)20-15)9-14(19-10)16(21)18-8-4-7-17/h2-3,5-6,9,20H,4,7-8,17H2,1H3,(H,18,21). The number of aromatic amines is 1. The Morgan fingerprint density at radius 3 is 2.95 bits per heavy atom. The minimum absolute atomic E-state index is 0.154. The minimum Gasteiger partial charge on any atom is -0.353 e. The first-order chi connectivity index (χ1) is 10.2. The van der Waals surface area contributed by atoms with Gasteiger partial charge >= 0.3 is 0 Å². The highest BCUT2D eigenvalue weighted by atomic mass is 16.1. The van der Waals surface area contributed by atoms with E-state index in [1.165, 1.54) is 0 Å². The molecule has 0 unspecified atom stereocenters. The Labute approximate surface area is 122 Å². The van der Waals surface area contributed by atoms with Crippen molar-refractivity contribution >= 4 is 27.7 Å². The lowest BCUT2D eigenvalue weighted by Crippen LogP contribution is -2.26. The van der Waals surface area contributed by atoms with Gasteiger partial charge in [-0.3, -0.25) is 4.79 Å². The molecule has 0 radical (unpaired) electrons. The van der Waals surface area contributed by atoms with Crippen LogP contribution in [0.15, 0.2) is 30.3 Å². The van der Waals surface area contributed by atoms with E-state index in [1.807, 2.05) is 37.3 Å². The lowest BCUT2D eigenvalue weighted by Gasteiger charge is -2.05. The Hall–Kier alpha value is -2.40. The van der Waals surface area contributed by atoms with Crippen LogP contribution < -0.4 is 11.1 Å². The van der Waals surface area contributed by atoms with Gasteiger partial charge in [-0.15, -0.1) is 0 Å². The van der Waals surface area contributed by atoms with Gasteiger partial charge in [0, 0.05) is 22.8 Å². The van der Waals surface area contributed by atoms with Crippen LogP contribution in [-0.2, 0) is 0 Å². The average molecular weight is 282 g/mol. The predicted molar refractivity (Wildman–Crippen MR) is 84.3 cm³/mol. The first kappa shape index (κ1) is 13.6. The van der Waals surface area contributed by atoms with Crippen molar-refractivity contribution in [2.24, 2.45) is 5.73 Å². The summed E-state index contributed by atoms with van der Waals surface area (Å²) in [6.45, 7) is 3.05. The van der Waals surface area contributed by atoms with Crippen LogP contribution in [0.3, 0.4) is 0 Å². The first-order valence-electron chi connectivity index (χ1n) is 7.07. The van der Waals surface area contributed by atoms with E-state index in [4.69, 9.17) is 5.73 Å². The molecule has 0 aliphatic carbocycles. The fourth-order valence-corrected chi connectivity index (χ4v) is 2.52. The third kappa shape index (κ3) is 2.48. The van der Waals surface area contributed by atoms with E-state index in [2.05, 4.69) is 15.3 Å². The number of carbonyl (C=O) groups excluding carboxylic acids is 1. The summed E-state index contributed by atoms with van der Waals surface area (Å²) in [7, 11) is 0. The van der Waals surface area contributed by atoms with Crippen molar-refractivity contribution in [1.29, 1.82) is 0 Å². The molecule has 3 rings (SSSR count). The molecular weight excluding hydrogens is 264 g/mol. The average Bonchev–Trinajstić information content (AvgIpc) is 2.87. The zero-order chi connectivity index (χ0) is 14.8. The fourth-order valence-electron chi connectivity index (χ4n) is 2.52. The smallest absolute Gasteiger partial charge is 0.269 e. The molecule has 0 atom stereocenters. The molecule has 1 aromatic carbocycles. The van der Waals surface area contributed by atoms with Crippen molar-refractivity contribution in [3.8, 4) is 0 Å². The number of rotatable bonds is 4. The molecule has 5 heteroatoms. The maximum absolute atomic E-state index is 12.1. The Bertz CT molecular complexity index is 806. The third-order valence-electron chi connectivity index (χ3n) is 3.58. The van der Waals surface area contributed by atoms with E-state index in [-0.39, 0.29) is 5.91 Å². The lowest BCUT2D eigenvalue weighted by atomic mass is 10.1. The summed E-state index contributed by atoms with van der Waals surface area (Å²) < 4.78 is 0. The molecule has 5 nitrogen and oxygen atoms in total. The second-order valence-electron chi connectivity index (χ2n) is 5.08. The van der Waals surface area contributed by atoms with Crippen LogP contribution in [0.5, 0.6) is 0 Å². The molecule has 21 heavy (non-hydrogen) atoms. The Morgan fingerprint density at radius 2 is 2.14 bits per heavy atom. The molecule has 0 bridgehead atoms. The maximum atomic E-state index is 12.1. The number of aryl methyl sites for hydroxylation is 1. The van der Waals surface area contributed by atoms with Gasteiger partial charge in [-0.1, -0.05) is 18.2 Å². The Morgan fingerprint density at radius 1 is 1.33 bits per heavy atom. The first-order valence-corrected chi connectivity index (χ1v) is 7.07. The summed E-state index contributed by atoms with van der Waals surface area (Å²) in [4.78, 5) is 19.9. The van der Waals surface area contributed by atoms with Gasteiger partial charge in [0.2, 0.25) is 0 Å². The van der Waals surface area contributed by atoms with Gasteiger partial charge in [-0.2, -0.15) is 0 Å². The second-order valence-corrected chi connectivity index (χ2v) is 5.08. The summed E-state index contributed by atoms with van der Waals surface area (Å²) >= 11 is 0. The monoisotopic (exact) mass is 282 g/mol. The molecule has 1 amide bonds. The van der Waals surface area contributed by atoms with Crippen molar-refractivity contribution in [3.63, 3.8) is 0 Å². The quantitative estimate of drug-likeness (QED) is 0.641. The predicted octanol–water partition coefficient (Wildman–Crippen LogP) is 2.10. The zero-order valence-corrected chi connectivity index (χ0v) is 11.9. The van der Waals surface area contributed by atoms with Crippen LogP contribution in [0.4, 0.5) is 0 Å². The molecule has 0 fully saturated rings. The number of benzene rings is 1. The van der Waals surface area contributed by atoms with E-state index < -0.39 is 0 Å². The topological polar surface area (TPSA) is 83.8 Å². The maximum Gasteiger partial charge on any atom is 0.269 e. The highest BCUT2D eigenvalue weighted by Crippen LogP contribution is 2.27. The molecule has 0 aliphatic heterocycles. The van der Waals surface area contributed by atoms with Crippen molar-refractivity contribution in [2.75, 3.05) is 13.1 Å². The molecule has 4 N–H and O–H groups in total. The molecule has 2 aromatic heterocycles. The number of hydrogen-bond acceptors (Lipinski definition) is 3. The highest BCUT2D eigenvalue weighted by molar-refractivity contribution is 6.09. The summed E-state index contributed by atoms with van der Waals surface area (Å²) in [5.41, 5.74) is 8.74. The third-order valence-corrected chi connectivity index (χ3v) is 3.58. The van der Waals surface area contributed by atoms with Crippen LogP contribution in [0.25, 0.3) is 21.8 Å². The van der Waals surface area contributed by atoms with E-state index in [9.17, 15) is 4.79 Å². The van der Waals surface area contributed by atoms with Crippen LogP contribution in [-0.4, -0.2) is 29.0 Å². The molecule has 108 valence electrons. The number of aromatic nitrogens is 2. The van der Waals surface area contributed by atoms with Crippen LogP contribution in [0.2, 0.25) is 0 Å². The molecule has 0 saturated carbocycles. The van der Waals surface area contributed by atoms with Gasteiger partial charge in [-0.25, -0.2) is 4.98 Å². The number of nitrogens with zero attached hydrogens (tertiary/aromatic N) is 1. The summed E-state index contributed by atoms with van der Waals surface area (Å²) in [5, 5.41) is 4.98. The van der Waals surface area contributed by atoms with E-state index in [0.29, 0.717) is 18.8 Å². The van der Waals surface area contributed by atoms with Gasteiger partial charge in [0.1, 0.15) is 5.69 Å². The number of nitrogens with one attached hydrogen (secondary N) is 2. The van der Waals surface area contributed by atoms with Gasteiger partial charge < -0.3 is 16.0 Å². The van der Waals surface area contributed by atoms with Gasteiger partial charge in [-0.05, 0) is 32.0 Å². The molecule has 2 heterocycles. The number of fused-ring (bicyclic) bond motifs is 3. The number of amides is 1. The van der Waals surface area contributed by atoms with Crippen molar-refractivity contribution in [1.82, 2.24) is 15.3 Å². The summed E-state index contributed by atoms with van der Waals surface area (Å²) in [6.07, 6.45) is 0.764. The van der Waals surface area contributed by atoms with Crippen molar-refractivity contribution in [2.45, 2.75) is 13.3 Å². The molecule has 0 aliphatic rings. The van der Waals surface area contributed by atoms with Crippen LogP contribution >= 0.6 is 0 Å². The number of hydrogen-bond donors (Lipinski definition) is 3. The number of pyridine rings is 1. The zero-order valence-electron chi connectivity index (χ0n) is 11.9. The fraction of sp³-hybridized carbons (Fsp3) is 0.250. The second kappa shape index (κ2) is 5.54. The molecular formula is C16H18N4O. The largest absolute Gasteiger partial charge is 0.353 e. The normalized spacial score (nSPS) is 11.1. The van der Waals surface area contributed by atoms with Crippen molar-refractivity contribution < 1.29 is 4.79 Å². The van der Waals surface area contributed by atoms with E-state index >= 15 is 0 Å². The minimum atomic E-state index is -0.154. The lowest BCUT2D eigenvalue weighted by molar-refractivity contribution is 0.0948. The SMILES string of the molecule is Cc1nc(C(=O)NCCCN)cc2c1[nH]c1ccccc12. The van der Waals surface area contributed by atoms with Crippen LogP contribution in [0, 0.1) is 6.92 Å². The number of H-pyrrole nitrogens is 1. The number of carbonyl (C=O) groups is 1. The highest BCUT2D eigenvalue weighted by Gasteiger charge is 2.13. The van der Waals surface area contributed by atoms with E-state index in [1.54, 1.807) is 0 Å². The van der Waals surface area contributed by atoms with Crippen LogP contribution in [0.1, 0.15) is 22.6 Å². The number of para-hydroxylation sites is 1. The Kier molecular flexibility index (Phi) is 3.58. The van der Waals surface area contributed by atoms with Crippen molar-refractivity contribution in [3.05, 3.63) is 41.7 Å². The Balaban J connectivity index is 2.05. The molecule has 0 saturated heterocycles. The summed E-state index contributed by atoms with van der Waals surface area (Å²) in [5.74, 6) is -0.154. The molecule has 0 spiro atoms.